The zero-order valence-corrected chi connectivity index (χ0v) is 13.0. The molecule has 1 saturated carbocycles. The molecule has 1 aliphatic carbocycles. The molecule has 0 spiro atoms. The number of carbonyl (C=O) groups is 1. The lowest BCUT2D eigenvalue weighted by atomic mass is 10.1. The van der Waals surface area contributed by atoms with E-state index in [0.29, 0.717) is 0 Å². The maximum Gasteiger partial charge on any atom is 0.328 e. The van der Waals surface area contributed by atoms with Crippen LogP contribution in [0, 0.1) is 5.92 Å². The van der Waals surface area contributed by atoms with Gasteiger partial charge >= 0.3 is 5.97 Å². The van der Waals surface area contributed by atoms with Gasteiger partial charge < -0.3 is 5.11 Å². The normalized spacial score (nSPS) is 15.6. The molecule has 0 bridgehead atoms. The lowest BCUT2D eigenvalue weighted by Crippen LogP contribution is -2.27. The molecule has 2 rings (SSSR count). The van der Waals surface area contributed by atoms with Gasteiger partial charge in [-0.2, -0.15) is 0 Å². The molecule has 1 aromatic rings. The minimum atomic E-state index is -0.892. The van der Waals surface area contributed by atoms with Crippen LogP contribution in [0.5, 0.6) is 0 Å². The van der Waals surface area contributed by atoms with E-state index in [1.807, 2.05) is 6.07 Å². The molecule has 20 heavy (non-hydrogen) atoms. The first-order valence-electron chi connectivity index (χ1n) is 7.28. The van der Waals surface area contributed by atoms with E-state index in [1.54, 1.807) is 17.4 Å². The van der Waals surface area contributed by atoms with Crippen molar-refractivity contribution in [3.8, 4) is 0 Å². The van der Waals surface area contributed by atoms with Gasteiger partial charge in [-0.15, -0.1) is 11.3 Å². The standard InChI is InChI=1S/C16H23NO2S/c1-12(2)9-10-17(13-3-4-13)11-15-6-5-14(20-15)7-8-16(18)19/h5-8,12-13H,3-4,9-11H2,1-2H3,(H,18,19)/b8-7+. The molecule has 0 atom stereocenters. The molecule has 1 aromatic heterocycles. The molecule has 0 amide bonds. The van der Waals surface area contributed by atoms with Crippen LogP contribution in [0.4, 0.5) is 0 Å². The molecular weight excluding hydrogens is 270 g/mol. The molecule has 1 fully saturated rings. The predicted octanol–water partition coefficient (Wildman–Crippen LogP) is 3.86. The largest absolute Gasteiger partial charge is 0.478 e. The quantitative estimate of drug-likeness (QED) is 0.740. The third-order valence-corrected chi connectivity index (χ3v) is 4.52. The molecular formula is C16H23NO2S. The van der Waals surface area contributed by atoms with E-state index in [-0.39, 0.29) is 0 Å². The van der Waals surface area contributed by atoms with E-state index in [4.69, 9.17) is 5.11 Å². The Balaban J connectivity index is 1.91. The molecule has 3 nitrogen and oxygen atoms in total. The van der Waals surface area contributed by atoms with Crippen LogP contribution in [0.15, 0.2) is 18.2 Å². The maximum absolute atomic E-state index is 10.5. The SMILES string of the molecule is CC(C)CCN(Cc1ccc(/C=C/C(=O)O)s1)C1CC1. The van der Waals surface area contributed by atoms with Gasteiger partial charge in [0.05, 0.1) is 0 Å². The summed E-state index contributed by atoms with van der Waals surface area (Å²) in [7, 11) is 0. The van der Waals surface area contributed by atoms with Gasteiger partial charge in [-0.3, -0.25) is 4.90 Å². The first-order chi connectivity index (χ1) is 9.54. The Morgan fingerprint density at radius 3 is 2.85 bits per heavy atom. The van der Waals surface area contributed by atoms with Gasteiger partial charge in [0.15, 0.2) is 0 Å². The summed E-state index contributed by atoms with van der Waals surface area (Å²) >= 11 is 1.69. The van der Waals surface area contributed by atoms with E-state index in [9.17, 15) is 4.79 Å². The fourth-order valence-corrected chi connectivity index (χ4v) is 3.12. The van der Waals surface area contributed by atoms with Crippen molar-refractivity contribution in [3.05, 3.63) is 28.0 Å². The van der Waals surface area contributed by atoms with Crippen molar-refractivity contribution in [3.63, 3.8) is 0 Å². The van der Waals surface area contributed by atoms with Gasteiger partial charge in [0.25, 0.3) is 0 Å². The van der Waals surface area contributed by atoms with Gasteiger partial charge in [0.1, 0.15) is 0 Å². The van der Waals surface area contributed by atoms with Crippen molar-refractivity contribution in [2.75, 3.05) is 6.54 Å². The Bertz CT molecular complexity index is 475. The van der Waals surface area contributed by atoms with Crippen LogP contribution < -0.4 is 0 Å². The highest BCUT2D eigenvalue weighted by molar-refractivity contribution is 7.12. The Morgan fingerprint density at radius 1 is 1.50 bits per heavy atom. The van der Waals surface area contributed by atoms with E-state index in [0.717, 1.165) is 23.4 Å². The van der Waals surface area contributed by atoms with Crippen LogP contribution in [0.2, 0.25) is 0 Å². The second-order valence-corrected chi connectivity index (χ2v) is 7.06. The van der Waals surface area contributed by atoms with Crippen molar-refractivity contribution in [1.29, 1.82) is 0 Å². The minimum absolute atomic E-state index is 0.744. The highest BCUT2D eigenvalue weighted by Gasteiger charge is 2.28. The summed E-state index contributed by atoms with van der Waals surface area (Å²) in [4.78, 5) is 15.4. The Kier molecular flexibility index (Phi) is 5.38. The topological polar surface area (TPSA) is 40.5 Å². The smallest absolute Gasteiger partial charge is 0.328 e. The monoisotopic (exact) mass is 293 g/mol. The molecule has 0 unspecified atom stereocenters. The van der Waals surface area contributed by atoms with Gasteiger partial charge in [-0.25, -0.2) is 4.79 Å². The van der Waals surface area contributed by atoms with Crippen molar-refractivity contribution >= 4 is 23.4 Å². The van der Waals surface area contributed by atoms with Crippen LogP contribution in [-0.2, 0) is 11.3 Å². The number of carboxylic acid groups (broad SMARTS) is 1. The summed E-state index contributed by atoms with van der Waals surface area (Å²) in [6, 6.07) is 4.90. The number of thiophene rings is 1. The lowest BCUT2D eigenvalue weighted by Gasteiger charge is -2.22. The molecule has 0 aromatic carbocycles. The van der Waals surface area contributed by atoms with Crippen LogP contribution in [0.3, 0.4) is 0 Å². The van der Waals surface area contributed by atoms with E-state index < -0.39 is 5.97 Å². The van der Waals surface area contributed by atoms with E-state index >= 15 is 0 Å². The summed E-state index contributed by atoms with van der Waals surface area (Å²) in [5.74, 6) is -0.148. The average molecular weight is 293 g/mol. The fraction of sp³-hybridized carbons (Fsp3) is 0.562. The molecule has 1 heterocycles. The third-order valence-electron chi connectivity index (χ3n) is 3.49. The van der Waals surface area contributed by atoms with Gasteiger partial charge in [-0.05, 0) is 49.9 Å². The van der Waals surface area contributed by atoms with Gasteiger partial charge in [-0.1, -0.05) is 13.8 Å². The zero-order valence-electron chi connectivity index (χ0n) is 12.2. The number of carboxylic acids is 1. The van der Waals surface area contributed by atoms with Crippen LogP contribution in [0.1, 0.15) is 42.9 Å². The third kappa shape index (κ3) is 5.10. The van der Waals surface area contributed by atoms with E-state index in [2.05, 4.69) is 24.8 Å². The van der Waals surface area contributed by atoms with Crippen molar-refractivity contribution in [2.45, 2.75) is 45.7 Å². The van der Waals surface area contributed by atoms with Crippen molar-refractivity contribution in [1.82, 2.24) is 4.90 Å². The predicted molar refractivity (Wildman–Crippen MR) is 83.9 cm³/mol. The summed E-state index contributed by atoms with van der Waals surface area (Å²) in [5, 5.41) is 8.64. The molecule has 110 valence electrons. The summed E-state index contributed by atoms with van der Waals surface area (Å²) in [5.41, 5.74) is 0. The van der Waals surface area contributed by atoms with Crippen LogP contribution >= 0.6 is 11.3 Å². The second kappa shape index (κ2) is 7.04. The Hall–Kier alpha value is -1.13. The zero-order chi connectivity index (χ0) is 14.5. The summed E-state index contributed by atoms with van der Waals surface area (Å²) < 4.78 is 0. The first kappa shape index (κ1) is 15.3. The van der Waals surface area contributed by atoms with Crippen LogP contribution in [0.25, 0.3) is 6.08 Å². The number of rotatable bonds is 8. The number of hydrogen-bond donors (Lipinski definition) is 1. The molecule has 1 aliphatic rings. The molecule has 1 N–H and O–H groups in total. The molecule has 0 aliphatic heterocycles. The second-order valence-electron chi connectivity index (χ2n) is 5.86. The highest BCUT2D eigenvalue weighted by Crippen LogP contribution is 2.30. The Morgan fingerprint density at radius 2 is 2.25 bits per heavy atom. The number of aliphatic carboxylic acids is 1. The number of nitrogens with zero attached hydrogens (tertiary/aromatic N) is 1. The Labute approximate surface area is 124 Å². The fourth-order valence-electron chi connectivity index (χ4n) is 2.18. The highest BCUT2D eigenvalue weighted by atomic mass is 32.1. The first-order valence-corrected chi connectivity index (χ1v) is 8.10. The molecule has 0 saturated heterocycles. The van der Waals surface area contributed by atoms with Crippen molar-refractivity contribution in [2.24, 2.45) is 5.92 Å². The van der Waals surface area contributed by atoms with Gasteiger partial charge in [0.2, 0.25) is 0 Å². The van der Waals surface area contributed by atoms with Crippen molar-refractivity contribution < 1.29 is 9.90 Å². The van der Waals surface area contributed by atoms with E-state index in [1.165, 1.54) is 36.8 Å². The maximum atomic E-state index is 10.5. The summed E-state index contributed by atoms with van der Waals surface area (Å²) in [6.45, 7) is 6.71. The van der Waals surface area contributed by atoms with Gasteiger partial charge in [0, 0.05) is 28.4 Å². The summed E-state index contributed by atoms with van der Waals surface area (Å²) in [6.07, 6.45) is 6.78. The number of hydrogen-bond acceptors (Lipinski definition) is 3. The molecule has 4 heteroatoms. The van der Waals surface area contributed by atoms with Crippen LogP contribution in [-0.4, -0.2) is 28.6 Å². The molecule has 0 radical (unpaired) electrons. The average Bonchev–Trinajstić information content (AvgIpc) is 3.12. The lowest BCUT2D eigenvalue weighted by molar-refractivity contribution is -0.131. The minimum Gasteiger partial charge on any atom is -0.478 e.